The predicted molar refractivity (Wildman–Crippen MR) is 175 cm³/mol. The number of aromatic nitrogens is 3. The Balaban J connectivity index is 1.35. The van der Waals surface area contributed by atoms with Gasteiger partial charge in [-0.2, -0.15) is 4.98 Å². The average Bonchev–Trinajstić information content (AvgIpc) is 3.79. The first-order valence-electron chi connectivity index (χ1n) is 14.2. The maximum absolute atomic E-state index is 6.72. The molecule has 6 heteroatoms. The number of nitrogens with zero attached hydrogens (tertiary/aromatic N) is 3. The summed E-state index contributed by atoms with van der Waals surface area (Å²) in [6, 6.07) is 42.3. The number of rotatable bonds is 2. The van der Waals surface area contributed by atoms with Crippen molar-refractivity contribution in [3.05, 3.63) is 126 Å². The van der Waals surface area contributed by atoms with Crippen LogP contribution in [0.15, 0.2) is 130 Å². The van der Waals surface area contributed by atoms with Crippen molar-refractivity contribution in [1.82, 2.24) is 14.1 Å². The van der Waals surface area contributed by atoms with Crippen LogP contribution in [0, 0.1) is 0 Å². The number of halogens is 1. The highest BCUT2D eigenvalue weighted by molar-refractivity contribution is 6.38. The zero-order valence-electron chi connectivity index (χ0n) is 22.6. The van der Waals surface area contributed by atoms with Crippen molar-refractivity contribution in [3.63, 3.8) is 0 Å². The molecular formula is C37H20ClN3O2. The minimum absolute atomic E-state index is 0.483. The number of benzene rings is 6. The third kappa shape index (κ3) is 3.04. The number of fused-ring (bicyclic) bond motifs is 11. The van der Waals surface area contributed by atoms with Gasteiger partial charge in [-0.25, -0.2) is 0 Å². The van der Waals surface area contributed by atoms with Crippen molar-refractivity contribution in [2.75, 3.05) is 0 Å². The van der Waals surface area contributed by atoms with Gasteiger partial charge < -0.3 is 13.4 Å². The summed E-state index contributed by atoms with van der Waals surface area (Å²) < 4.78 is 17.1. The fraction of sp³-hybridized carbons (Fsp3) is 0. The first kappa shape index (κ1) is 23.1. The molecule has 0 atom stereocenters. The van der Waals surface area contributed by atoms with E-state index >= 15 is 0 Å². The van der Waals surface area contributed by atoms with E-state index in [-0.39, 0.29) is 0 Å². The Morgan fingerprint density at radius 1 is 0.512 bits per heavy atom. The SMILES string of the molecule is Clc1cc2oc(-n3c4ccccc4c4cc5c6ccccc6n(-c6ccccc6)c5cc43)nc2c2c1oc1ccccc12. The molecule has 0 spiro atoms. The number of para-hydroxylation sites is 4. The normalized spacial score (nSPS) is 12.3. The van der Waals surface area contributed by atoms with Crippen LogP contribution in [-0.2, 0) is 0 Å². The molecule has 0 bridgehead atoms. The van der Waals surface area contributed by atoms with Gasteiger partial charge in [-0.3, -0.25) is 4.57 Å². The molecule has 0 aliphatic heterocycles. The first-order valence-corrected chi connectivity index (χ1v) is 14.5. The van der Waals surface area contributed by atoms with Gasteiger partial charge in [0, 0.05) is 38.7 Å². The van der Waals surface area contributed by atoms with E-state index in [1.165, 1.54) is 10.8 Å². The van der Waals surface area contributed by atoms with Gasteiger partial charge in [0.2, 0.25) is 0 Å². The molecule has 5 nitrogen and oxygen atoms in total. The highest BCUT2D eigenvalue weighted by atomic mass is 35.5. The van der Waals surface area contributed by atoms with Crippen molar-refractivity contribution in [2.24, 2.45) is 0 Å². The number of oxazole rings is 1. The van der Waals surface area contributed by atoms with Gasteiger partial charge in [-0.15, -0.1) is 0 Å². The molecule has 0 saturated carbocycles. The second kappa shape index (κ2) is 8.28. The van der Waals surface area contributed by atoms with E-state index < -0.39 is 0 Å². The summed E-state index contributed by atoms with van der Waals surface area (Å²) in [5, 5.41) is 7.00. The molecule has 0 aliphatic carbocycles. The van der Waals surface area contributed by atoms with Crippen molar-refractivity contribution < 1.29 is 8.83 Å². The Bertz CT molecular complexity index is 2740. The summed E-state index contributed by atoms with van der Waals surface area (Å²) in [7, 11) is 0. The highest BCUT2D eigenvalue weighted by Gasteiger charge is 2.23. The number of hydrogen-bond acceptors (Lipinski definition) is 3. The fourth-order valence-electron chi connectivity index (χ4n) is 6.81. The lowest BCUT2D eigenvalue weighted by Crippen LogP contribution is -1.95. The molecule has 0 fully saturated rings. The van der Waals surface area contributed by atoms with Crippen LogP contribution in [0.5, 0.6) is 0 Å². The molecule has 43 heavy (non-hydrogen) atoms. The van der Waals surface area contributed by atoms with Gasteiger partial charge in [-0.05, 0) is 42.5 Å². The monoisotopic (exact) mass is 573 g/mol. The molecule has 0 saturated heterocycles. The molecule has 0 aliphatic rings. The molecule has 0 amide bonds. The van der Waals surface area contributed by atoms with Gasteiger partial charge in [0.15, 0.2) is 11.2 Å². The van der Waals surface area contributed by atoms with E-state index in [9.17, 15) is 0 Å². The third-order valence-electron chi connectivity index (χ3n) is 8.62. The van der Waals surface area contributed by atoms with E-state index in [2.05, 4.69) is 94.1 Å². The summed E-state index contributed by atoms with van der Waals surface area (Å²) in [5.74, 6) is 0. The van der Waals surface area contributed by atoms with E-state index in [1.54, 1.807) is 6.07 Å². The quantitative estimate of drug-likeness (QED) is 0.207. The Morgan fingerprint density at radius 2 is 1.14 bits per heavy atom. The lowest BCUT2D eigenvalue weighted by molar-refractivity contribution is 0.574. The van der Waals surface area contributed by atoms with E-state index in [0.717, 1.165) is 60.4 Å². The summed E-state index contributed by atoms with van der Waals surface area (Å²) in [4.78, 5) is 5.12. The summed E-state index contributed by atoms with van der Waals surface area (Å²) in [5.41, 5.74) is 8.15. The fourth-order valence-corrected chi connectivity index (χ4v) is 7.05. The molecule has 0 unspecified atom stereocenters. The molecule has 10 aromatic rings. The second-order valence-corrected chi connectivity index (χ2v) is 11.3. The van der Waals surface area contributed by atoms with Crippen LogP contribution in [0.3, 0.4) is 0 Å². The van der Waals surface area contributed by atoms with E-state index in [4.69, 9.17) is 25.4 Å². The van der Waals surface area contributed by atoms with Crippen molar-refractivity contribution in [3.8, 4) is 11.7 Å². The molecule has 4 heterocycles. The summed E-state index contributed by atoms with van der Waals surface area (Å²) in [6.07, 6.45) is 0. The van der Waals surface area contributed by atoms with Gasteiger partial charge >= 0.3 is 6.01 Å². The molecule has 0 N–H and O–H groups in total. The lowest BCUT2D eigenvalue weighted by atomic mass is 10.1. The number of hydrogen-bond donors (Lipinski definition) is 0. The second-order valence-electron chi connectivity index (χ2n) is 10.9. The molecule has 4 aromatic heterocycles. The summed E-state index contributed by atoms with van der Waals surface area (Å²) in [6.45, 7) is 0. The third-order valence-corrected chi connectivity index (χ3v) is 8.90. The molecule has 6 aromatic carbocycles. The van der Waals surface area contributed by atoms with Crippen LogP contribution in [0.25, 0.3) is 88.4 Å². The minimum Gasteiger partial charge on any atom is -0.454 e. The van der Waals surface area contributed by atoms with Crippen molar-refractivity contribution in [1.29, 1.82) is 0 Å². The maximum atomic E-state index is 6.72. The number of furan rings is 1. The van der Waals surface area contributed by atoms with Crippen LogP contribution in [-0.4, -0.2) is 14.1 Å². The van der Waals surface area contributed by atoms with Crippen molar-refractivity contribution in [2.45, 2.75) is 0 Å². The Labute approximate surface area is 248 Å². The largest absolute Gasteiger partial charge is 0.454 e. The van der Waals surface area contributed by atoms with Crippen LogP contribution in [0.4, 0.5) is 0 Å². The van der Waals surface area contributed by atoms with Gasteiger partial charge in [0.25, 0.3) is 0 Å². The molecular weight excluding hydrogens is 554 g/mol. The van der Waals surface area contributed by atoms with E-state index in [1.807, 2.05) is 30.3 Å². The topological polar surface area (TPSA) is 49.0 Å². The highest BCUT2D eigenvalue weighted by Crippen LogP contribution is 2.42. The Morgan fingerprint density at radius 3 is 1.91 bits per heavy atom. The average molecular weight is 574 g/mol. The Kier molecular flexibility index (Phi) is 4.44. The van der Waals surface area contributed by atoms with Gasteiger partial charge in [0.1, 0.15) is 11.1 Å². The smallest absolute Gasteiger partial charge is 0.307 e. The molecule has 202 valence electrons. The molecule has 0 radical (unpaired) electrons. The van der Waals surface area contributed by atoms with E-state index in [0.29, 0.717) is 22.2 Å². The summed E-state index contributed by atoms with van der Waals surface area (Å²) >= 11 is 6.72. The lowest BCUT2D eigenvalue weighted by Gasteiger charge is -2.08. The Hall–Kier alpha value is -5.52. The van der Waals surface area contributed by atoms with Gasteiger partial charge in [-0.1, -0.05) is 84.4 Å². The van der Waals surface area contributed by atoms with Crippen LogP contribution in [0.2, 0.25) is 5.02 Å². The van der Waals surface area contributed by atoms with Crippen LogP contribution >= 0.6 is 11.6 Å². The van der Waals surface area contributed by atoms with Crippen molar-refractivity contribution >= 4 is 88.3 Å². The zero-order chi connectivity index (χ0) is 28.2. The molecule has 10 rings (SSSR count). The van der Waals surface area contributed by atoms with Crippen LogP contribution in [0.1, 0.15) is 0 Å². The standard InChI is InChI=1S/C37H20ClN3O2/c38-27-19-33-35(34-24-14-6-9-17-32(24)42-36(27)34)39-37(43-33)41-29-16-8-5-13-23(29)26-18-25-22-12-4-7-15-28(22)40(30(25)20-31(26)41)21-10-2-1-3-11-21/h1-20H. The van der Waals surface area contributed by atoms with Gasteiger partial charge in [0.05, 0.1) is 32.5 Å². The van der Waals surface area contributed by atoms with Crippen LogP contribution < -0.4 is 0 Å². The predicted octanol–water partition coefficient (Wildman–Crippen LogP) is 10.6. The first-order chi connectivity index (χ1) is 21.2. The minimum atomic E-state index is 0.483. The zero-order valence-corrected chi connectivity index (χ0v) is 23.3. The maximum Gasteiger partial charge on any atom is 0.307 e.